The van der Waals surface area contributed by atoms with Crippen LogP contribution in [0.25, 0.3) is 0 Å². The third-order valence-electron chi connectivity index (χ3n) is 5.83. The summed E-state index contributed by atoms with van der Waals surface area (Å²) >= 11 is 5.21. The molecule has 6 heteroatoms. The fourth-order valence-electron chi connectivity index (χ4n) is 4.28. The van der Waals surface area contributed by atoms with Gasteiger partial charge >= 0.3 is 0 Å². The van der Waals surface area contributed by atoms with Crippen LogP contribution in [-0.2, 0) is 12.8 Å². The molecule has 0 unspecified atom stereocenters. The number of nitrogens with zero attached hydrogens (tertiary/aromatic N) is 1. The number of hydrogen-bond acceptors (Lipinski definition) is 4. The molecule has 1 amide bonds. The number of thiophene rings is 1. The number of carbonyl (C=O) groups excluding carboxylic acids is 1. The van der Waals surface area contributed by atoms with E-state index in [0.717, 1.165) is 58.5 Å². The number of carbonyl (C=O) groups is 1. The summed E-state index contributed by atoms with van der Waals surface area (Å²) in [4.78, 5) is 19.3. The van der Waals surface area contributed by atoms with Gasteiger partial charge in [-0.3, -0.25) is 4.79 Å². The monoisotopic (exact) mass is 474 g/mol. The van der Waals surface area contributed by atoms with Crippen molar-refractivity contribution in [3.63, 3.8) is 0 Å². The first kappa shape index (κ1) is 20.6. The average molecular weight is 475 g/mol. The summed E-state index contributed by atoms with van der Waals surface area (Å²) in [7, 11) is 1.65. The molecule has 2 aromatic rings. The van der Waals surface area contributed by atoms with E-state index in [1.54, 1.807) is 18.4 Å². The molecule has 1 aromatic heterocycles. The average Bonchev–Trinajstić information content (AvgIpc) is 3.11. The van der Waals surface area contributed by atoms with Crippen LogP contribution in [-0.4, -0.2) is 25.3 Å². The molecule has 4 rings (SSSR count). The maximum Gasteiger partial charge on any atom is 0.254 e. The summed E-state index contributed by atoms with van der Waals surface area (Å²) in [6, 6.07) is 6.19. The fraction of sp³-hybridized carbons (Fsp3) is 0.478. The van der Waals surface area contributed by atoms with Crippen LogP contribution in [0.1, 0.15) is 71.3 Å². The van der Waals surface area contributed by atoms with Crippen molar-refractivity contribution in [1.29, 1.82) is 0 Å². The lowest BCUT2D eigenvalue weighted by molar-refractivity contribution is 0.0927. The molecule has 1 N–H and O–H groups in total. The van der Waals surface area contributed by atoms with Crippen LogP contribution in [0.4, 0.5) is 5.00 Å². The Morgan fingerprint density at radius 2 is 2.00 bits per heavy atom. The van der Waals surface area contributed by atoms with Gasteiger partial charge in [0.05, 0.1) is 17.1 Å². The number of fused-ring (bicyclic) bond motifs is 1. The molecule has 0 radical (unpaired) electrons. The van der Waals surface area contributed by atoms with Gasteiger partial charge in [-0.2, -0.15) is 0 Å². The first-order chi connectivity index (χ1) is 14.2. The molecular weight excluding hydrogens is 448 g/mol. The zero-order chi connectivity index (χ0) is 20.2. The van der Waals surface area contributed by atoms with Crippen LogP contribution in [0.15, 0.2) is 27.7 Å². The SMILES string of the molecule is COc1ccc(/C=N\c2sc3c(c2C(=O)NC2CCCCC2)CCCC3)cc1Br. The van der Waals surface area contributed by atoms with E-state index in [2.05, 4.69) is 21.2 Å². The van der Waals surface area contributed by atoms with Crippen molar-refractivity contribution in [2.75, 3.05) is 7.11 Å². The lowest BCUT2D eigenvalue weighted by Gasteiger charge is -2.23. The van der Waals surface area contributed by atoms with E-state index in [9.17, 15) is 4.79 Å². The van der Waals surface area contributed by atoms with Crippen LogP contribution >= 0.6 is 27.3 Å². The highest BCUT2D eigenvalue weighted by atomic mass is 79.9. The van der Waals surface area contributed by atoms with Gasteiger partial charge in [0.2, 0.25) is 0 Å². The van der Waals surface area contributed by atoms with E-state index in [1.807, 2.05) is 24.4 Å². The van der Waals surface area contributed by atoms with E-state index in [0.29, 0.717) is 6.04 Å². The Kier molecular flexibility index (Phi) is 6.70. The maximum absolute atomic E-state index is 13.2. The van der Waals surface area contributed by atoms with Crippen molar-refractivity contribution in [3.05, 3.63) is 44.2 Å². The zero-order valence-corrected chi connectivity index (χ0v) is 19.2. The second kappa shape index (κ2) is 9.43. The lowest BCUT2D eigenvalue weighted by atomic mass is 9.93. The van der Waals surface area contributed by atoms with Crippen molar-refractivity contribution in [2.24, 2.45) is 4.99 Å². The Morgan fingerprint density at radius 1 is 1.21 bits per heavy atom. The van der Waals surface area contributed by atoms with Crippen molar-refractivity contribution in [3.8, 4) is 5.75 Å². The second-order valence-electron chi connectivity index (χ2n) is 7.85. The standard InChI is InChI=1S/C23H27BrN2O2S/c1-28-19-12-11-15(13-18(19)24)14-25-23-21(17-9-5-6-10-20(17)29-23)22(27)26-16-7-3-2-4-8-16/h11-14,16H,2-10H2,1H3,(H,26,27)/b25-14-. The van der Waals surface area contributed by atoms with Gasteiger partial charge in [0, 0.05) is 17.1 Å². The molecule has 0 atom stereocenters. The number of aryl methyl sites for hydroxylation is 1. The third kappa shape index (κ3) is 4.75. The Balaban J connectivity index is 1.61. The molecule has 0 bridgehead atoms. The normalized spacial score (nSPS) is 17.3. The van der Waals surface area contributed by atoms with Crippen LogP contribution in [0, 0.1) is 0 Å². The molecule has 0 saturated heterocycles. The second-order valence-corrected chi connectivity index (χ2v) is 9.79. The highest BCUT2D eigenvalue weighted by Crippen LogP contribution is 2.40. The quantitative estimate of drug-likeness (QED) is 0.523. The summed E-state index contributed by atoms with van der Waals surface area (Å²) in [5.74, 6) is 0.862. The smallest absolute Gasteiger partial charge is 0.254 e. The number of ether oxygens (including phenoxy) is 1. The Labute approximate surface area is 184 Å². The Bertz CT molecular complexity index is 916. The maximum atomic E-state index is 13.2. The van der Waals surface area contributed by atoms with Gasteiger partial charge in [-0.1, -0.05) is 19.3 Å². The molecule has 0 aliphatic heterocycles. The lowest BCUT2D eigenvalue weighted by Crippen LogP contribution is -2.36. The van der Waals surface area contributed by atoms with Gasteiger partial charge in [0.1, 0.15) is 10.8 Å². The predicted octanol–water partition coefficient (Wildman–Crippen LogP) is 6.21. The molecule has 1 heterocycles. The summed E-state index contributed by atoms with van der Waals surface area (Å²) in [5, 5.41) is 4.15. The molecule has 4 nitrogen and oxygen atoms in total. The number of amides is 1. The molecule has 0 spiro atoms. The van der Waals surface area contributed by atoms with Crippen LogP contribution in [0.3, 0.4) is 0 Å². The molecule has 29 heavy (non-hydrogen) atoms. The Morgan fingerprint density at radius 3 is 2.76 bits per heavy atom. The van der Waals surface area contributed by atoms with Gasteiger partial charge in [-0.05, 0) is 83.8 Å². The number of methoxy groups -OCH3 is 1. The number of nitrogens with one attached hydrogen (secondary N) is 1. The van der Waals surface area contributed by atoms with Crippen LogP contribution in [0.5, 0.6) is 5.75 Å². The van der Waals surface area contributed by atoms with Gasteiger partial charge in [0.25, 0.3) is 5.91 Å². The highest BCUT2D eigenvalue weighted by molar-refractivity contribution is 9.10. The van der Waals surface area contributed by atoms with Gasteiger partial charge in [-0.15, -0.1) is 11.3 Å². The molecule has 1 fully saturated rings. The van der Waals surface area contributed by atoms with E-state index in [-0.39, 0.29) is 5.91 Å². The van der Waals surface area contributed by atoms with Crippen LogP contribution < -0.4 is 10.1 Å². The first-order valence-corrected chi connectivity index (χ1v) is 12.1. The topological polar surface area (TPSA) is 50.7 Å². The highest BCUT2D eigenvalue weighted by Gasteiger charge is 2.27. The summed E-state index contributed by atoms with van der Waals surface area (Å²) in [6.07, 6.45) is 12.2. The van der Waals surface area contributed by atoms with Crippen molar-refractivity contribution >= 4 is 44.4 Å². The largest absolute Gasteiger partial charge is 0.496 e. The number of hydrogen-bond donors (Lipinski definition) is 1. The van der Waals surface area contributed by atoms with E-state index >= 15 is 0 Å². The first-order valence-electron chi connectivity index (χ1n) is 10.5. The summed E-state index contributed by atoms with van der Waals surface area (Å²) in [5.41, 5.74) is 3.03. The molecule has 1 aromatic carbocycles. The van der Waals surface area contributed by atoms with E-state index < -0.39 is 0 Å². The summed E-state index contributed by atoms with van der Waals surface area (Å²) in [6.45, 7) is 0. The van der Waals surface area contributed by atoms with Gasteiger partial charge in [-0.25, -0.2) is 4.99 Å². The van der Waals surface area contributed by atoms with Gasteiger partial charge in [0.15, 0.2) is 0 Å². The Hall–Kier alpha value is -1.66. The minimum absolute atomic E-state index is 0.0689. The number of benzene rings is 1. The van der Waals surface area contributed by atoms with Crippen molar-refractivity contribution < 1.29 is 9.53 Å². The number of halogens is 1. The minimum atomic E-state index is 0.0689. The zero-order valence-electron chi connectivity index (χ0n) is 16.8. The predicted molar refractivity (Wildman–Crippen MR) is 123 cm³/mol. The van der Waals surface area contributed by atoms with Crippen molar-refractivity contribution in [1.82, 2.24) is 5.32 Å². The molecule has 1 saturated carbocycles. The third-order valence-corrected chi connectivity index (χ3v) is 7.65. The van der Waals surface area contributed by atoms with Crippen molar-refractivity contribution in [2.45, 2.75) is 63.8 Å². The fourth-order valence-corrected chi connectivity index (χ4v) is 6.07. The molecular formula is C23H27BrN2O2S. The van der Waals surface area contributed by atoms with E-state index in [1.165, 1.54) is 36.1 Å². The molecule has 2 aliphatic carbocycles. The van der Waals surface area contributed by atoms with E-state index in [4.69, 9.17) is 9.73 Å². The minimum Gasteiger partial charge on any atom is -0.496 e. The number of aliphatic imine (C=N–C) groups is 1. The molecule has 2 aliphatic rings. The number of rotatable bonds is 5. The van der Waals surface area contributed by atoms with Crippen LogP contribution in [0.2, 0.25) is 0 Å². The molecule has 154 valence electrons. The summed E-state index contributed by atoms with van der Waals surface area (Å²) < 4.78 is 6.19. The van der Waals surface area contributed by atoms with Gasteiger partial charge < -0.3 is 10.1 Å².